The zero-order chi connectivity index (χ0) is 52.5. The molecule has 0 saturated carbocycles. The smallest absolute Gasteiger partial charge is 0.0996 e. The van der Waals surface area contributed by atoms with Gasteiger partial charge in [-0.05, 0) is 144 Å². The molecule has 0 N–H and O–H groups in total. The molecule has 0 fully saturated rings. The molecule has 79 heavy (non-hydrogen) atoms. The van der Waals surface area contributed by atoms with Gasteiger partial charge in [0.2, 0.25) is 0 Å². The van der Waals surface area contributed by atoms with Crippen LogP contribution in [0.4, 0.5) is 51.2 Å². The second-order valence-corrected chi connectivity index (χ2v) is 19.5. The van der Waals surface area contributed by atoms with Gasteiger partial charge < -0.3 is 14.7 Å². The lowest BCUT2D eigenvalue weighted by atomic mass is 9.96. The van der Waals surface area contributed by atoms with Crippen LogP contribution in [0, 0.1) is 0 Å². The number of pyridine rings is 2. The topological polar surface area (TPSA) is 61.3 Å². The molecular formula is C72H49N7. The van der Waals surface area contributed by atoms with Crippen molar-refractivity contribution < 1.29 is 0 Å². The van der Waals surface area contributed by atoms with E-state index in [0.717, 1.165) is 128 Å². The Bertz CT molecular complexity index is 4320. The Hall–Kier alpha value is -10.8. The van der Waals surface area contributed by atoms with Gasteiger partial charge >= 0.3 is 0 Å². The summed E-state index contributed by atoms with van der Waals surface area (Å²) in [6, 6.07) is 99.9. The fourth-order valence-electron chi connectivity index (χ4n) is 10.9. The van der Waals surface area contributed by atoms with Crippen LogP contribution in [0.25, 0.3) is 77.3 Å². The number of aromatic nitrogens is 4. The lowest BCUT2D eigenvalue weighted by molar-refractivity contribution is 1.28. The first kappa shape index (κ1) is 46.7. The highest BCUT2D eigenvalue weighted by Gasteiger charge is 2.22. The number of anilines is 9. The summed E-state index contributed by atoms with van der Waals surface area (Å²) < 4.78 is 0. The largest absolute Gasteiger partial charge is 0.311 e. The van der Waals surface area contributed by atoms with Crippen LogP contribution < -0.4 is 14.7 Å². The van der Waals surface area contributed by atoms with Crippen LogP contribution in [0.2, 0.25) is 0 Å². The maximum atomic E-state index is 5.78. The van der Waals surface area contributed by atoms with Crippen molar-refractivity contribution in [1.29, 1.82) is 0 Å². The van der Waals surface area contributed by atoms with Gasteiger partial charge in [-0.2, -0.15) is 0 Å². The van der Waals surface area contributed by atoms with Crippen molar-refractivity contribution >= 4 is 95.1 Å². The Morgan fingerprint density at radius 3 is 0.899 bits per heavy atom. The molecule has 14 rings (SSSR count). The van der Waals surface area contributed by atoms with Crippen LogP contribution in [-0.2, 0) is 0 Å². The maximum Gasteiger partial charge on any atom is 0.0996 e. The quantitative estimate of drug-likeness (QED) is 0.0892. The van der Waals surface area contributed by atoms with Gasteiger partial charge in [0.15, 0.2) is 0 Å². The van der Waals surface area contributed by atoms with Gasteiger partial charge in [0.05, 0.1) is 33.1 Å². The molecular weight excluding hydrogens is 963 g/mol. The fraction of sp³-hybridized carbons (Fsp3) is 0. The van der Waals surface area contributed by atoms with E-state index in [2.05, 4.69) is 282 Å². The lowest BCUT2D eigenvalue weighted by Gasteiger charge is -2.25. The van der Waals surface area contributed by atoms with E-state index < -0.39 is 0 Å². The SMILES string of the molecule is c1ccc(N(c2ccccc2)c2ccc(-c3cnc4c(c3)c3nc5c(-c6ccc(N(c7ccccc7)c7ccccc7)cc6)ccc(-c6ccc(N(c7ccccc7)c7ccccc7)cc6)c5nc3c3cccnc34)cc2)cc1. The summed E-state index contributed by atoms with van der Waals surface area (Å²) in [5.41, 5.74) is 20.3. The number of fused-ring (bicyclic) bond motifs is 7. The van der Waals surface area contributed by atoms with Crippen LogP contribution in [0.15, 0.2) is 298 Å². The highest BCUT2D eigenvalue weighted by Crippen LogP contribution is 2.43. The normalized spacial score (nSPS) is 11.3. The van der Waals surface area contributed by atoms with Gasteiger partial charge in [0.25, 0.3) is 0 Å². The number of hydrogen-bond donors (Lipinski definition) is 0. The molecule has 0 bridgehead atoms. The summed E-state index contributed by atoms with van der Waals surface area (Å²) in [6.45, 7) is 0. The summed E-state index contributed by atoms with van der Waals surface area (Å²) in [7, 11) is 0. The van der Waals surface area contributed by atoms with Crippen molar-refractivity contribution in [2.75, 3.05) is 14.7 Å². The number of para-hydroxylation sites is 6. The molecule has 7 heteroatoms. The van der Waals surface area contributed by atoms with Crippen LogP contribution in [0.3, 0.4) is 0 Å². The number of benzene rings is 11. The molecule has 372 valence electrons. The number of nitrogens with zero attached hydrogens (tertiary/aromatic N) is 7. The molecule has 0 amide bonds. The summed E-state index contributed by atoms with van der Waals surface area (Å²) in [4.78, 5) is 28.5. The standard InChI is InChI=1S/C72H49N7/c1-7-20-54(21-8-1)77(55-22-9-2-10-23-55)60-39-33-50(34-40-60)53-48-66-68(74-49-53)67-65(32-19-47-73-67)71-72(66)76-70-64(52-37-43-62(44-38-52)79(58-28-15-5-16-29-58)59-30-17-6-18-31-59)46-45-63(69(70)75-71)51-35-41-61(42-36-51)78(56-24-11-3-12-25-56)57-26-13-4-14-27-57/h1-49H. The number of rotatable bonds is 12. The number of hydrogen-bond acceptors (Lipinski definition) is 7. The minimum atomic E-state index is 0.763. The van der Waals surface area contributed by atoms with Gasteiger partial charge in [0.1, 0.15) is 0 Å². The van der Waals surface area contributed by atoms with Crippen molar-refractivity contribution in [3.63, 3.8) is 0 Å². The second-order valence-electron chi connectivity index (χ2n) is 19.5. The molecule has 11 aromatic carbocycles. The molecule has 0 radical (unpaired) electrons. The van der Waals surface area contributed by atoms with Crippen molar-refractivity contribution in [2.24, 2.45) is 0 Å². The molecule has 0 aliphatic heterocycles. The molecule has 3 heterocycles. The summed E-state index contributed by atoms with van der Waals surface area (Å²) >= 11 is 0. The molecule has 0 unspecified atom stereocenters. The molecule has 0 saturated heterocycles. The van der Waals surface area contributed by atoms with E-state index in [-0.39, 0.29) is 0 Å². The third-order valence-corrected chi connectivity index (χ3v) is 14.7. The average molecular weight is 1010 g/mol. The molecule has 0 spiro atoms. The molecule has 14 aromatic rings. The second kappa shape index (κ2) is 20.4. The lowest BCUT2D eigenvalue weighted by Crippen LogP contribution is -2.09. The van der Waals surface area contributed by atoms with Gasteiger partial charge in [-0.15, -0.1) is 0 Å². The van der Waals surface area contributed by atoms with Crippen LogP contribution >= 0.6 is 0 Å². The van der Waals surface area contributed by atoms with Gasteiger partial charge in [-0.25, -0.2) is 9.97 Å². The highest BCUT2D eigenvalue weighted by molar-refractivity contribution is 6.22. The Labute approximate surface area is 458 Å². The first-order chi connectivity index (χ1) is 39.2. The van der Waals surface area contributed by atoms with Crippen LogP contribution in [0.5, 0.6) is 0 Å². The van der Waals surface area contributed by atoms with Crippen molar-refractivity contribution in [3.05, 3.63) is 298 Å². The van der Waals surface area contributed by atoms with E-state index in [1.165, 1.54) is 0 Å². The summed E-state index contributed by atoms with van der Waals surface area (Å²) in [5.74, 6) is 0. The van der Waals surface area contributed by atoms with Crippen molar-refractivity contribution in [2.45, 2.75) is 0 Å². The van der Waals surface area contributed by atoms with E-state index in [0.29, 0.717) is 0 Å². The van der Waals surface area contributed by atoms with E-state index >= 15 is 0 Å². The molecule has 0 aliphatic carbocycles. The maximum absolute atomic E-state index is 5.78. The summed E-state index contributed by atoms with van der Waals surface area (Å²) in [6.07, 6.45) is 3.79. The first-order valence-corrected chi connectivity index (χ1v) is 26.5. The Morgan fingerprint density at radius 2 is 0.532 bits per heavy atom. The van der Waals surface area contributed by atoms with Gasteiger partial charge in [-0.1, -0.05) is 158 Å². The van der Waals surface area contributed by atoms with Gasteiger partial charge in [0, 0.05) is 91.0 Å². The highest BCUT2D eigenvalue weighted by atomic mass is 15.2. The predicted molar refractivity (Wildman–Crippen MR) is 328 cm³/mol. The van der Waals surface area contributed by atoms with E-state index in [1.807, 2.05) is 30.6 Å². The molecule has 0 atom stereocenters. The molecule has 0 aliphatic rings. The molecule has 7 nitrogen and oxygen atoms in total. The van der Waals surface area contributed by atoms with E-state index in [4.69, 9.17) is 19.9 Å². The van der Waals surface area contributed by atoms with E-state index in [1.54, 1.807) is 0 Å². The van der Waals surface area contributed by atoms with Crippen LogP contribution in [-0.4, -0.2) is 19.9 Å². The third kappa shape index (κ3) is 8.81. The Balaban J connectivity index is 0.941. The monoisotopic (exact) mass is 1010 g/mol. The Kier molecular flexibility index (Phi) is 12.1. The van der Waals surface area contributed by atoms with E-state index in [9.17, 15) is 0 Å². The minimum Gasteiger partial charge on any atom is -0.311 e. The Morgan fingerprint density at radius 1 is 0.215 bits per heavy atom. The average Bonchev–Trinajstić information content (AvgIpc) is 3.64. The van der Waals surface area contributed by atoms with Crippen LogP contribution in [0.1, 0.15) is 0 Å². The first-order valence-electron chi connectivity index (χ1n) is 26.5. The summed E-state index contributed by atoms with van der Waals surface area (Å²) in [5, 5.41) is 1.77. The predicted octanol–water partition coefficient (Wildman–Crippen LogP) is 19.3. The molecule has 3 aromatic heterocycles. The minimum absolute atomic E-state index is 0.763. The van der Waals surface area contributed by atoms with Crippen molar-refractivity contribution in [1.82, 2.24) is 19.9 Å². The zero-order valence-corrected chi connectivity index (χ0v) is 42.9. The third-order valence-electron chi connectivity index (χ3n) is 14.7. The fourth-order valence-corrected chi connectivity index (χ4v) is 10.9. The zero-order valence-electron chi connectivity index (χ0n) is 42.9. The van der Waals surface area contributed by atoms with Gasteiger partial charge in [-0.3, -0.25) is 9.97 Å². The van der Waals surface area contributed by atoms with Crippen molar-refractivity contribution in [3.8, 4) is 33.4 Å².